The molecule has 3 atom stereocenters. The number of aliphatic carboxylic acids is 1. The zero-order valence-electron chi connectivity index (χ0n) is 12.6. The summed E-state index contributed by atoms with van der Waals surface area (Å²) in [5.41, 5.74) is 0.636. The minimum atomic E-state index is -0.978. The van der Waals surface area contributed by atoms with Crippen LogP contribution in [0, 0.1) is 5.92 Å². The van der Waals surface area contributed by atoms with E-state index >= 15 is 0 Å². The molecule has 1 aliphatic heterocycles. The number of fused-ring (bicyclic) bond motifs is 1. The van der Waals surface area contributed by atoms with Gasteiger partial charge in [0.2, 0.25) is 11.8 Å². The number of carbonyl (C=O) groups excluding carboxylic acids is 2. The first kappa shape index (κ1) is 17.6. The zero-order chi connectivity index (χ0) is 17.1. The Hall–Kier alpha value is -1.73. The maximum atomic E-state index is 12.1. The van der Waals surface area contributed by atoms with Crippen LogP contribution in [0.2, 0.25) is 5.02 Å². The van der Waals surface area contributed by atoms with Crippen LogP contribution in [0.5, 0.6) is 0 Å². The predicted octanol–water partition coefficient (Wildman–Crippen LogP) is 2.37. The van der Waals surface area contributed by atoms with Crippen LogP contribution in [0.25, 0.3) is 0 Å². The van der Waals surface area contributed by atoms with Crippen molar-refractivity contribution >= 4 is 46.8 Å². The fourth-order valence-electron chi connectivity index (χ4n) is 2.08. The van der Waals surface area contributed by atoms with E-state index in [1.54, 1.807) is 25.1 Å². The topological polar surface area (TPSA) is 95.5 Å². The highest BCUT2D eigenvalue weighted by Crippen LogP contribution is 2.38. The highest BCUT2D eigenvalue weighted by atomic mass is 35.5. The summed E-state index contributed by atoms with van der Waals surface area (Å²) in [7, 11) is 0. The van der Waals surface area contributed by atoms with Gasteiger partial charge < -0.3 is 15.7 Å². The summed E-state index contributed by atoms with van der Waals surface area (Å²) < 4.78 is 0. The molecule has 0 bridgehead atoms. The Morgan fingerprint density at radius 3 is 2.78 bits per heavy atom. The quantitative estimate of drug-likeness (QED) is 0.752. The monoisotopic (exact) mass is 356 g/mol. The first-order valence-corrected chi connectivity index (χ1v) is 8.33. The lowest BCUT2D eigenvalue weighted by Gasteiger charge is -2.25. The van der Waals surface area contributed by atoms with Crippen LogP contribution < -0.4 is 10.6 Å². The van der Waals surface area contributed by atoms with Gasteiger partial charge in [0.25, 0.3) is 0 Å². The lowest BCUT2D eigenvalue weighted by Crippen LogP contribution is -2.42. The lowest BCUT2D eigenvalue weighted by molar-refractivity contribution is -0.142. The third kappa shape index (κ3) is 4.39. The molecule has 3 unspecified atom stereocenters. The first-order valence-electron chi connectivity index (χ1n) is 7.07. The van der Waals surface area contributed by atoms with Gasteiger partial charge in [0.05, 0.1) is 16.9 Å². The maximum absolute atomic E-state index is 12.1. The van der Waals surface area contributed by atoms with Crippen molar-refractivity contribution in [3.05, 3.63) is 23.2 Å². The van der Waals surface area contributed by atoms with Crippen molar-refractivity contribution in [3.63, 3.8) is 0 Å². The number of carbonyl (C=O) groups is 3. The number of anilines is 1. The molecule has 23 heavy (non-hydrogen) atoms. The largest absolute Gasteiger partial charge is 0.481 e. The van der Waals surface area contributed by atoms with E-state index in [4.69, 9.17) is 16.7 Å². The summed E-state index contributed by atoms with van der Waals surface area (Å²) in [5.74, 6) is -2.29. The van der Waals surface area contributed by atoms with E-state index in [0.29, 0.717) is 10.7 Å². The van der Waals surface area contributed by atoms with Gasteiger partial charge in [0.15, 0.2) is 0 Å². The molecule has 1 aromatic carbocycles. The SMILES string of the molecule is CC(NC(=O)CC1Sc2ccc(Cl)cc2NC1=O)C(C)C(=O)O. The van der Waals surface area contributed by atoms with E-state index in [9.17, 15) is 14.4 Å². The van der Waals surface area contributed by atoms with Gasteiger partial charge >= 0.3 is 5.97 Å². The molecule has 0 fully saturated rings. The highest BCUT2D eigenvalue weighted by Gasteiger charge is 2.30. The van der Waals surface area contributed by atoms with Crippen LogP contribution >= 0.6 is 23.4 Å². The van der Waals surface area contributed by atoms with Crippen molar-refractivity contribution in [2.75, 3.05) is 5.32 Å². The van der Waals surface area contributed by atoms with E-state index in [1.807, 2.05) is 0 Å². The number of thioether (sulfide) groups is 1. The molecule has 124 valence electrons. The van der Waals surface area contributed by atoms with E-state index in [0.717, 1.165) is 4.90 Å². The van der Waals surface area contributed by atoms with Gasteiger partial charge in [0, 0.05) is 22.4 Å². The normalized spacial score (nSPS) is 19.3. The summed E-state index contributed by atoms with van der Waals surface area (Å²) in [6.45, 7) is 3.15. The van der Waals surface area contributed by atoms with E-state index in [2.05, 4.69) is 10.6 Å². The van der Waals surface area contributed by atoms with Gasteiger partial charge in [-0.25, -0.2) is 0 Å². The molecule has 0 saturated heterocycles. The molecule has 0 aliphatic carbocycles. The number of carboxylic acid groups (broad SMARTS) is 1. The minimum Gasteiger partial charge on any atom is -0.481 e. The number of nitrogens with one attached hydrogen (secondary N) is 2. The first-order chi connectivity index (χ1) is 10.8. The van der Waals surface area contributed by atoms with E-state index in [-0.39, 0.29) is 18.2 Å². The Kier molecular flexibility index (Phi) is 5.54. The summed E-state index contributed by atoms with van der Waals surface area (Å²) in [4.78, 5) is 35.9. The van der Waals surface area contributed by atoms with E-state index < -0.39 is 23.2 Å². The predicted molar refractivity (Wildman–Crippen MR) is 88.7 cm³/mol. The third-order valence-corrected chi connectivity index (χ3v) is 5.17. The molecule has 0 saturated carbocycles. The molecule has 1 aromatic rings. The van der Waals surface area contributed by atoms with Gasteiger partial charge in [-0.1, -0.05) is 11.6 Å². The molecule has 2 rings (SSSR count). The average Bonchev–Trinajstić information content (AvgIpc) is 2.47. The highest BCUT2D eigenvalue weighted by molar-refractivity contribution is 8.01. The van der Waals surface area contributed by atoms with Crippen LogP contribution in [-0.2, 0) is 14.4 Å². The number of benzene rings is 1. The van der Waals surface area contributed by atoms with Gasteiger partial charge in [-0.2, -0.15) is 0 Å². The standard InChI is InChI=1S/C15H17ClN2O4S/c1-7(15(21)22)8(2)17-13(19)6-12-14(20)18-10-5-9(16)3-4-11(10)23-12/h3-5,7-8,12H,6H2,1-2H3,(H,17,19)(H,18,20)(H,21,22). The second-order valence-corrected chi connectivity index (χ2v) is 7.10. The summed E-state index contributed by atoms with van der Waals surface area (Å²) >= 11 is 7.18. The molecular formula is C15H17ClN2O4S. The second kappa shape index (κ2) is 7.23. The Morgan fingerprint density at radius 1 is 1.43 bits per heavy atom. The Morgan fingerprint density at radius 2 is 2.13 bits per heavy atom. The number of rotatable bonds is 5. The number of hydrogen-bond acceptors (Lipinski definition) is 4. The summed E-state index contributed by atoms with van der Waals surface area (Å²) in [5, 5.41) is 14.3. The fraction of sp³-hybridized carbons (Fsp3) is 0.400. The molecule has 0 spiro atoms. The van der Waals surface area contributed by atoms with Crippen LogP contribution in [0.3, 0.4) is 0 Å². The molecule has 1 aliphatic rings. The van der Waals surface area contributed by atoms with Crippen molar-refractivity contribution < 1.29 is 19.5 Å². The molecule has 6 nitrogen and oxygen atoms in total. The molecule has 3 N–H and O–H groups in total. The van der Waals surface area contributed by atoms with Crippen LogP contribution in [-0.4, -0.2) is 34.2 Å². The van der Waals surface area contributed by atoms with Crippen molar-refractivity contribution in [1.82, 2.24) is 5.32 Å². The lowest BCUT2D eigenvalue weighted by atomic mass is 10.0. The van der Waals surface area contributed by atoms with Gasteiger partial charge in [0.1, 0.15) is 0 Å². The maximum Gasteiger partial charge on any atom is 0.308 e. The third-order valence-electron chi connectivity index (χ3n) is 3.66. The van der Waals surface area contributed by atoms with Crippen LogP contribution in [0.4, 0.5) is 5.69 Å². The van der Waals surface area contributed by atoms with Crippen molar-refractivity contribution in [2.24, 2.45) is 5.92 Å². The van der Waals surface area contributed by atoms with Crippen molar-refractivity contribution in [2.45, 2.75) is 36.5 Å². The zero-order valence-corrected chi connectivity index (χ0v) is 14.2. The Balaban J connectivity index is 1.98. The van der Waals surface area contributed by atoms with Crippen LogP contribution in [0.1, 0.15) is 20.3 Å². The van der Waals surface area contributed by atoms with E-state index in [1.165, 1.54) is 18.7 Å². The number of amides is 2. The fourth-order valence-corrected chi connectivity index (χ4v) is 3.34. The molecule has 2 amide bonds. The Labute approximate surface area is 143 Å². The van der Waals surface area contributed by atoms with Gasteiger partial charge in [-0.05, 0) is 32.0 Å². The number of halogens is 1. The average molecular weight is 357 g/mol. The van der Waals surface area contributed by atoms with Crippen LogP contribution in [0.15, 0.2) is 23.1 Å². The van der Waals surface area contributed by atoms with Crippen molar-refractivity contribution in [1.29, 1.82) is 0 Å². The second-order valence-electron chi connectivity index (χ2n) is 5.42. The van der Waals surface area contributed by atoms with Gasteiger partial charge in [-0.3, -0.25) is 14.4 Å². The smallest absolute Gasteiger partial charge is 0.308 e. The number of carboxylic acids is 1. The summed E-state index contributed by atoms with van der Waals surface area (Å²) in [6.07, 6.45) is -0.0186. The molecule has 1 heterocycles. The Bertz CT molecular complexity index is 652. The molecular weight excluding hydrogens is 340 g/mol. The minimum absolute atomic E-state index is 0.0186. The summed E-state index contributed by atoms with van der Waals surface area (Å²) in [6, 6.07) is 4.66. The molecule has 0 aromatic heterocycles. The molecule has 0 radical (unpaired) electrons. The van der Waals surface area contributed by atoms with Gasteiger partial charge in [-0.15, -0.1) is 11.8 Å². The molecule has 8 heteroatoms. The number of hydrogen-bond donors (Lipinski definition) is 3. The van der Waals surface area contributed by atoms with Crippen molar-refractivity contribution in [3.8, 4) is 0 Å².